The average Bonchev–Trinajstić information content (AvgIpc) is 2.49. The Morgan fingerprint density at radius 2 is 1.79 bits per heavy atom. The molecular weight excluding hydrogens is 238 g/mol. The molecule has 98 valence electrons. The van der Waals surface area contributed by atoms with Gasteiger partial charge in [0.2, 0.25) is 0 Å². The third-order valence-corrected chi connectivity index (χ3v) is 3.48. The van der Waals surface area contributed by atoms with Crippen LogP contribution in [0.5, 0.6) is 5.75 Å². The van der Waals surface area contributed by atoms with E-state index in [0.29, 0.717) is 0 Å². The zero-order valence-corrected chi connectivity index (χ0v) is 10.8. The molecule has 0 radical (unpaired) electrons. The van der Waals surface area contributed by atoms with Gasteiger partial charge in [-0.25, -0.2) is 4.98 Å². The molecule has 0 spiro atoms. The van der Waals surface area contributed by atoms with Gasteiger partial charge in [0.1, 0.15) is 11.6 Å². The molecule has 0 unspecified atom stereocenters. The zero-order chi connectivity index (χ0) is 13.1. The topological polar surface area (TPSA) is 49.3 Å². The van der Waals surface area contributed by atoms with Crippen molar-refractivity contribution >= 4 is 5.82 Å². The number of para-hydroxylation sites is 1. The number of benzene rings is 1. The van der Waals surface area contributed by atoms with Gasteiger partial charge in [0, 0.05) is 18.7 Å². The first-order valence-electron chi connectivity index (χ1n) is 6.70. The average molecular weight is 255 g/mol. The summed E-state index contributed by atoms with van der Waals surface area (Å²) in [4.78, 5) is 11.2. The molecule has 4 nitrogen and oxygen atoms in total. The summed E-state index contributed by atoms with van der Waals surface area (Å²) in [5.41, 5.74) is 1.45. The SMILES string of the molecule is Oc1ccccc1-c1cncc(N2CCCCC2)n1. The lowest BCUT2D eigenvalue weighted by atomic mass is 10.1. The van der Waals surface area contributed by atoms with Gasteiger partial charge < -0.3 is 10.0 Å². The first kappa shape index (κ1) is 12.0. The summed E-state index contributed by atoms with van der Waals surface area (Å²) in [5.74, 6) is 1.15. The molecule has 1 aliphatic rings. The standard InChI is InChI=1S/C15H17N3O/c19-14-7-3-2-6-12(14)13-10-16-11-15(17-13)18-8-4-1-5-9-18/h2-3,6-7,10-11,19H,1,4-5,8-9H2. The van der Waals surface area contributed by atoms with Crippen molar-refractivity contribution in [2.24, 2.45) is 0 Å². The van der Waals surface area contributed by atoms with Crippen molar-refractivity contribution in [3.05, 3.63) is 36.7 Å². The lowest BCUT2D eigenvalue weighted by molar-refractivity contribution is 0.477. The second-order valence-electron chi connectivity index (χ2n) is 4.83. The second kappa shape index (κ2) is 5.26. The smallest absolute Gasteiger partial charge is 0.147 e. The minimum atomic E-state index is 0.243. The highest BCUT2D eigenvalue weighted by molar-refractivity contribution is 5.67. The number of hydrogen-bond acceptors (Lipinski definition) is 4. The third kappa shape index (κ3) is 2.52. The summed E-state index contributed by atoms with van der Waals surface area (Å²) < 4.78 is 0. The summed E-state index contributed by atoms with van der Waals surface area (Å²) in [6.45, 7) is 2.08. The minimum Gasteiger partial charge on any atom is -0.507 e. The lowest BCUT2D eigenvalue weighted by Crippen LogP contribution is -2.30. The fraction of sp³-hybridized carbons (Fsp3) is 0.333. The quantitative estimate of drug-likeness (QED) is 0.896. The van der Waals surface area contributed by atoms with Crippen LogP contribution in [-0.2, 0) is 0 Å². The van der Waals surface area contributed by atoms with E-state index in [2.05, 4.69) is 14.9 Å². The Morgan fingerprint density at radius 3 is 2.58 bits per heavy atom. The number of hydrogen-bond donors (Lipinski definition) is 1. The molecule has 19 heavy (non-hydrogen) atoms. The van der Waals surface area contributed by atoms with E-state index < -0.39 is 0 Å². The molecule has 0 aliphatic carbocycles. The highest BCUT2D eigenvalue weighted by Crippen LogP contribution is 2.28. The summed E-state index contributed by atoms with van der Waals surface area (Å²) in [7, 11) is 0. The predicted molar refractivity (Wildman–Crippen MR) is 75.2 cm³/mol. The largest absolute Gasteiger partial charge is 0.507 e. The Kier molecular flexibility index (Phi) is 3.31. The van der Waals surface area contributed by atoms with E-state index in [0.717, 1.165) is 30.2 Å². The van der Waals surface area contributed by atoms with Crippen LogP contribution in [0.3, 0.4) is 0 Å². The van der Waals surface area contributed by atoms with Gasteiger partial charge >= 0.3 is 0 Å². The van der Waals surface area contributed by atoms with Crippen LogP contribution in [0.25, 0.3) is 11.3 Å². The van der Waals surface area contributed by atoms with Crippen molar-refractivity contribution in [3.8, 4) is 17.0 Å². The van der Waals surface area contributed by atoms with E-state index in [4.69, 9.17) is 0 Å². The van der Waals surface area contributed by atoms with Crippen molar-refractivity contribution in [3.63, 3.8) is 0 Å². The van der Waals surface area contributed by atoms with E-state index >= 15 is 0 Å². The molecule has 3 rings (SSSR count). The highest BCUT2D eigenvalue weighted by Gasteiger charge is 2.14. The van der Waals surface area contributed by atoms with Crippen molar-refractivity contribution in [1.82, 2.24) is 9.97 Å². The first-order chi connectivity index (χ1) is 9.34. The van der Waals surface area contributed by atoms with E-state index in [-0.39, 0.29) is 5.75 Å². The van der Waals surface area contributed by atoms with Gasteiger partial charge in [-0.1, -0.05) is 12.1 Å². The lowest BCUT2D eigenvalue weighted by Gasteiger charge is -2.27. The molecule has 1 aromatic carbocycles. The predicted octanol–water partition coefficient (Wildman–Crippen LogP) is 2.84. The normalized spacial score (nSPS) is 15.5. The van der Waals surface area contributed by atoms with Gasteiger partial charge in [0.15, 0.2) is 0 Å². The van der Waals surface area contributed by atoms with Gasteiger partial charge in [-0.2, -0.15) is 0 Å². The minimum absolute atomic E-state index is 0.243. The van der Waals surface area contributed by atoms with Crippen LogP contribution in [0.2, 0.25) is 0 Å². The van der Waals surface area contributed by atoms with E-state index in [9.17, 15) is 5.11 Å². The van der Waals surface area contributed by atoms with Crippen molar-refractivity contribution in [2.75, 3.05) is 18.0 Å². The van der Waals surface area contributed by atoms with Crippen LogP contribution in [0.1, 0.15) is 19.3 Å². The summed E-state index contributed by atoms with van der Waals surface area (Å²) >= 11 is 0. The highest BCUT2D eigenvalue weighted by atomic mass is 16.3. The molecular formula is C15H17N3O. The summed E-state index contributed by atoms with van der Waals surface area (Å²) in [5, 5.41) is 9.88. The van der Waals surface area contributed by atoms with Crippen molar-refractivity contribution < 1.29 is 5.11 Å². The summed E-state index contributed by atoms with van der Waals surface area (Å²) in [6, 6.07) is 7.23. The number of phenols is 1. The molecule has 0 amide bonds. The molecule has 1 aromatic heterocycles. The number of nitrogens with zero attached hydrogens (tertiary/aromatic N) is 3. The maximum absolute atomic E-state index is 9.88. The first-order valence-corrected chi connectivity index (χ1v) is 6.70. The molecule has 0 bridgehead atoms. The van der Waals surface area contributed by atoms with E-state index in [1.165, 1.54) is 19.3 Å². The maximum atomic E-state index is 9.88. The molecule has 4 heteroatoms. The second-order valence-corrected chi connectivity index (χ2v) is 4.83. The van der Waals surface area contributed by atoms with Crippen molar-refractivity contribution in [1.29, 1.82) is 0 Å². The Bertz CT molecular complexity index is 565. The van der Waals surface area contributed by atoms with Crippen LogP contribution in [0, 0.1) is 0 Å². The van der Waals surface area contributed by atoms with Crippen molar-refractivity contribution in [2.45, 2.75) is 19.3 Å². The Hall–Kier alpha value is -2.10. The Balaban J connectivity index is 1.93. The van der Waals surface area contributed by atoms with Crippen LogP contribution >= 0.6 is 0 Å². The molecule has 1 fully saturated rings. The number of rotatable bonds is 2. The van der Waals surface area contributed by atoms with Gasteiger partial charge in [-0.05, 0) is 31.4 Å². The fourth-order valence-corrected chi connectivity index (χ4v) is 2.45. The third-order valence-electron chi connectivity index (χ3n) is 3.48. The van der Waals surface area contributed by atoms with E-state index in [1.54, 1.807) is 24.5 Å². The van der Waals surface area contributed by atoms with Crippen LogP contribution in [0.15, 0.2) is 36.7 Å². The summed E-state index contributed by atoms with van der Waals surface area (Å²) in [6.07, 6.45) is 7.21. The van der Waals surface area contributed by atoms with Crippen LogP contribution in [0.4, 0.5) is 5.82 Å². The van der Waals surface area contributed by atoms with Gasteiger partial charge in [-0.3, -0.25) is 4.98 Å². The molecule has 0 saturated carbocycles. The molecule has 1 N–H and O–H groups in total. The fourth-order valence-electron chi connectivity index (χ4n) is 2.45. The number of piperidine rings is 1. The van der Waals surface area contributed by atoms with Crippen LogP contribution < -0.4 is 4.90 Å². The Morgan fingerprint density at radius 1 is 1.00 bits per heavy atom. The number of anilines is 1. The maximum Gasteiger partial charge on any atom is 0.147 e. The number of aromatic nitrogens is 2. The molecule has 1 saturated heterocycles. The Labute approximate surface area is 112 Å². The van der Waals surface area contributed by atoms with Gasteiger partial charge in [-0.15, -0.1) is 0 Å². The molecule has 2 aromatic rings. The van der Waals surface area contributed by atoms with E-state index in [1.807, 2.05) is 12.1 Å². The number of phenolic OH excluding ortho intramolecular Hbond substituents is 1. The number of aromatic hydroxyl groups is 1. The zero-order valence-electron chi connectivity index (χ0n) is 10.8. The molecule has 2 heterocycles. The van der Waals surface area contributed by atoms with Gasteiger partial charge in [0.25, 0.3) is 0 Å². The molecule has 0 atom stereocenters. The van der Waals surface area contributed by atoms with Crippen LogP contribution in [-0.4, -0.2) is 28.2 Å². The monoisotopic (exact) mass is 255 g/mol. The molecule has 1 aliphatic heterocycles. The van der Waals surface area contributed by atoms with Gasteiger partial charge in [0.05, 0.1) is 18.1 Å².